The Balaban J connectivity index is 1.87. The maximum atomic E-state index is 9.54. The van der Waals surface area contributed by atoms with Gasteiger partial charge in [0.15, 0.2) is 0 Å². The summed E-state index contributed by atoms with van der Waals surface area (Å²) in [5.41, 5.74) is 3.07. The molecule has 0 aliphatic carbocycles. The Morgan fingerprint density at radius 2 is 1.62 bits per heavy atom. The van der Waals surface area contributed by atoms with E-state index in [0.29, 0.717) is 28.0 Å². The second kappa shape index (κ2) is 8.58. The molecule has 0 amide bonds. The number of nitrogens with zero attached hydrogens (tertiary/aromatic N) is 1. The van der Waals surface area contributed by atoms with E-state index in [9.17, 15) is 5.26 Å². The van der Waals surface area contributed by atoms with Crippen molar-refractivity contribution >= 4 is 34.9 Å². The molecule has 2 nitrogen and oxygen atoms in total. The summed E-state index contributed by atoms with van der Waals surface area (Å²) in [5, 5.41) is 10.8. The van der Waals surface area contributed by atoms with Gasteiger partial charge in [-0.15, -0.1) is 0 Å². The molecule has 3 aromatic rings. The van der Waals surface area contributed by atoms with Crippen LogP contribution in [0.2, 0.25) is 10.0 Å². The molecule has 0 unspecified atom stereocenters. The standard InChI is InChI=1S/C22H15Cl2NO/c23-20-11-9-16(10-12-20)19(14-25)13-17-5-2-4-8-22(17)26-15-18-6-1-3-7-21(18)24/h1-13H,15H2/b19-13-. The molecular weight excluding hydrogens is 365 g/mol. The summed E-state index contributed by atoms with van der Waals surface area (Å²) in [7, 11) is 0. The highest BCUT2D eigenvalue weighted by Gasteiger charge is 2.07. The summed E-state index contributed by atoms with van der Waals surface area (Å²) >= 11 is 12.1. The molecule has 0 aliphatic rings. The van der Waals surface area contributed by atoms with Crippen LogP contribution in [0.4, 0.5) is 0 Å². The third-order valence-electron chi connectivity index (χ3n) is 3.84. The van der Waals surface area contributed by atoms with E-state index in [0.717, 1.165) is 16.7 Å². The fourth-order valence-corrected chi connectivity index (χ4v) is 2.78. The summed E-state index contributed by atoms with van der Waals surface area (Å²) < 4.78 is 5.94. The summed E-state index contributed by atoms with van der Waals surface area (Å²) in [4.78, 5) is 0. The van der Waals surface area contributed by atoms with Crippen molar-refractivity contribution in [1.29, 1.82) is 5.26 Å². The smallest absolute Gasteiger partial charge is 0.127 e. The molecule has 0 bridgehead atoms. The van der Waals surface area contributed by atoms with Gasteiger partial charge in [0.1, 0.15) is 12.4 Å². The van der Waals surface area contributed by atoms with Crippen molar-refractivity contribution in [3.05, 3.63) is 99.5 Å². The van der Waals surface area contributed by atoms with Gasteiger partial charge in [0.05, 0.1) is 11.6 Å². The molecule has 0 aromatic heterocycles. The predicted molar refractivity (Wildman–Crippen MR) is 107 cm³/mol. The van der Waals surface area contributed by atoms with Crippen LogP contribution in [-0.2, 0) is 6.61 Å². The van der Waals surface area contributed by atoms with Crippen LogP contribution < -0.4 is 4.74 Å². The number of halogens is 2. The average Bonchev–Trinajstić information content (AvgIpc) is 2.67. The van der Waals surface area contributed by atoms with Crippen molar-refractivity contribution < 1.29 is 4.74 Å². The van der Waals surface area contributed by atoms with Crippen LogP contribution in [0.25, 0.3) is 11.6 Å². The van der Waals surface area contributed by atoms with E-state index >= 15 is 0 Å². The van der Waals surface area contributed by atoms with Crippen molar-refractivity contribution in [2.45, 2.75) is 6.61 Å². The minimum Gasteiger partial charge on any atom is -0.488 e. The number of hydrogen-bond donors (Lipinski definition) is 0. The van der Waals surface area contributed by atoms with Crippen LogP contribution in [0.3, 0.4) is 0 Å². The second-order valence-corrected chi connectivity index (χ2v) is 6.44. The molecule has 0 atom stereocenters. The van der Waals surface area contributed by atoms with Crippen molar-refractivity contribution in [2.24, 2.45) is 0 Å². The molecular formula is C22H15Cl2NO. The van der Waals surface area contributed by atoms with Crippen LogP contribution in [0.1, 0.15) is 16.7 Å². The fourth-order valence-electron chi connectivity index (χ4n) is 2.47. The topological polar surface area (TPSA) is 33.0 Å². The largest absolute Gasteiger partial charge is 0.488 e. The van der Waals surface area contributed by atoms with E-state index in [4.69, 9.17) is 27.9 Å². The Hall–Kier alpha value is -2.73. The molecule has 0 saturated carbocycles. The molecule has 0 heterocycles. The first kappa shape index (κ1) is 18.1. The number of para-hydroxylation sites is 1. The number of rotatable bonds is 5. The highest BCUT2D eigenvalue weighted by Crippen LogP contribution is 2.26. The molecule has 128 valence electrons. The van der Waals surface area contributed by atoms with Crippen LogP contribution in [-0.4, -0.2) is 0 Å². The zero-order valence-corrected chi connectivity index (χ0v) is 15.3. The van der Waals surface area contributed by atoms with E-state index in [-0.39, 0.29) is 0 Å². The Morgan fingerprint density at radius 1 is 0.923 bits per heavy atom. The number of hydrogen-bond acceptors (Lipinski definition) is 2. The summed E-state index contributed by atoms with van der Waals surface area (Å²) in [6.07, 6.45) is 1.81. The lowest BCUT2D eigenvalue weighted by molar-refractivity contribution is 0.305. The maximum Gasteiger partial charge on any atom is 0.127 e. The molecule has 0 saturated heterocycles. The van der Waals surface area contributed by atoms with Gasteiger partial charge in [0.25, 0.3) is 0 Å². The van der Waals surface area contributed by atoms with Gasteiger partial charge in [-0.2, -0.15) is 5.26 Å². The van der Waals surface area contributed by atoms with Gasteiger partial charge in [0, 0.05) is 21.2 Å². The van der Waals surface area contributed by atoms with Crippen LogP contribution in [0.15, 0.2) is 72.8 Å². The highest BCUT2D eigenvalue weighted by molar-refractivity contribution is 6.31. The highest BCUT2D eigenvalue weighted by atomic mass is 35.5. The molecule has 0 fully saturated rings. The fraction of sp³-hybridized carbons (Fsp3) is 0.0455. The van der Waals surface area contributed by atoms with Crippen molar-refractivity contribution in [3.63, 3.8) is 0 Å². The van der Waals surface area contributed by atoms with E-state index in [1.807, 2.05) is 66.7 Å². The summed E-state index contributed by atoms with van der Waals surface area (Å²) in [6.45, 7) is 0.355. The minimum absolute atomic E-state index is 0.355. The monoisotopic (exact) mass is 379 g/mol. The SMILES string of the molecule is N#C/C(=C/c1ccccc1OCc1ccccc1Cl)c1ccc(Cl)cc1. The van der Waals surface area contributed by atoms with Gasteiger partial charge in [-0.3, -0.25) is 0 Å². The summed E-state index contributed by atoms with van der Waals surface area (Å²) in [5.74, 6) is 0.689. The molecule has 0 spiro atoms. The molecule has 3 aromatic carbocycles. The second-order valence-electron chi connectivity index (χ2n) is 5.59. The lowest BCUT2D eigenvalue weighted by atomic mass is 10.0. The van der Waals surface area contributed by atoms with Crippen LogP contribution >= 0.6 is 23.2 Å². The molecule has 0 N–H and O–H groups in total. The van der Waals surface area contributed by atoms with Gasteiger partial charge in [0.2, 0.25) is 0 Å². The van der Waals surface area contributed by atoms with Gasteiger partial charge in [-0.25, -0.2) is 0 Å². The minimum atomic E-state index is 0.355. The number of ether oxygens (including phenoxy) is 1. The number of allylic oxidation sites excluding steroid dienone is 1. The van der Waals surface area contributed by atoms with Gasteiger partial charge in [-0.05, 0) is 35.9 Å². The quantitative estimate of drug-likeness (QED) is 0.367. The molecule has 4 heteroatoms. The first-order valence-corrected chi connectivity index (χ1v) is 8.76. The average molecular weight is 380 g/mol. The third-order valence-corrected chi connectivity index (χ3v) is 4.46. The Morgan fingerprint density at radius 3 is 2.35 bits per heavy atom. The molecule has 0 radical (unpaired) electrons. The van der Waals surface area contributed by atoms with Crippen molar-refractivity contribution in [1.82, 2.24) is 0 Å². The Kier molecular flexibility index (Phi) is 5.96. The van der Waals surface area contributed by atoms with E-state index < -0.39 is 0 Å². The van der Waals surface area contributed by atoms with E-state index in [1.165, 1.54) is 0 Å². The van der Waals surface area contributed by atoms with E-state index in [1.54, 1.807) is 12.1 Å². The van der Waals surface area contributed by atoms with Gasteiger partial charge in [-0.1, -0.05) is 71.7 Å². The lowest BCUT2D eigenvalue weighted by Gasteiger charge is -2.11. The lowest BCUT2D eigenvalue weighted by Crippen LogP contribution is -1.97. The maximum absolute atomic E-state index is 9.54. The van der Waals surface area contributed by atoms with Crippen molar-refractivity contribution in [2.75, 3.05) is 0 Å². The first-order valence-electron chi connectivity index (χ1n) is 8.00. The summed E-state index contributed by atoms with van der Waals surface area (Å²) in [6, 6.07) is 24.6. The van der Waals surface area contributed by atoms with E-state index in [2.05, 4.69) is 6.07 Å². The Labute approximate surface area is 162 Å². The van der Waals surface area contributed by atoms with Crippen molar-refractivity contribution in [3.8, 4) is 11.8 Å². The predicted octanol–water partition coefficient (Wildman–Crippen LogP) is 6.64. The number of benzene rings is 3. The molecule has 26 heavy (non-hydrogen) atoms. The zero-order chi connectivity index (χ0) is 18.4. The zero-order valence-electron chi connectivity index (χ0n) is 13.8. The van der Waals surface area contributed by atoms with Crippen LogP contribution in [0, 0.1) is 11.3 Å². The number of nitriles is 1. The third kappa shape index (κ3) is 4.46. The molecule has 3 rings (SSSR count). The van der Waals surface area contributed by atoms with Gasteiger partial charge < -0.3 is 4.74 Å². The molecule has 0 aliphatic heterocycles. The Bertz CT molecular complexity index is 972. The van der Waals surface area contributed by atoms with Crippen LogP contribution in [0.5, 0.6) is 5.75 Å². The first-order chi connectivity index (χ1) is 12.7. The van der Waals surface area contributed by atoms with Gasteiger partial charge >= 0.3 is 0 Å². The normalized spacial score (nSPS) is 11.0.